The Morgan fingerprint density at radius 1 is 1.43 bits per heavy atom. The first-order valence-corrected chi connectivity index (χ1v) is 9.57. The predicted molar refractivity (Wildman–Crippen MR) is 87.3 cm³/mol. The van der Waals surface area contributed by atoms with Crippen molar-refractivity contribution in [2.75, 3.05) is 18.6 Å². The number of ether oxygens (including phenoxy) is 1. The molecule has 21 heavy (non-hydrogen) atoms. The molecular formula is C14H22N2O3S2. The molecule has 0 amide bonds. The van der Waals surface area contributed by atoms with Crippen LogP contribution in [0.2, 0.25) is 0 Å². The number of anilines is 1. The second-order valence-electron chi connectivity index (χ2n) is 5.11. The summed E-state index contributed by atoms with van der Waals surface area (Å²) in [6, 6.07) is 4.54. The summed E-state index contributed by atoms with van der Waals surface area (Å²) in [6.45, 7) is 2.13. The molecule has 2 unspecified atom stereocenters. The summed E-state index contributed by atoms with van der Waals surface area (Å²) in [5.41, 5.74) is 6.14. The minimum atomic E-state index is -3.53. The lowest BCUT2D eigenvalue weighted by atomic mass is 10.3. The maximum absolute atomic E-state index is 12.4. The number of methoxy groups -OCH3 is 1. The van der Waals surface area contributed by atoms with Crippen LogP contribution in [0.1, 0.15) is 26.2 Å². The Kier molecular flexibility index (Phi) is 5.40. The zero-order valence-corrected chi connectivity index (χ0v) is 14.0. The van der Waals surface area contributed by atoms with Crippen molar-refractivity contribution in [1.82, 2.24) is 4.72 Å². The molecular weight excluding hydrogens is 308 g/mol. The van der Waals surface area contributed by atoms with Gasteiger partial charge in [-0.15, -0.1) is 0 Å². The topological polar surface area (TPSA) is 81.4 Å². The van der Waals surface area contributed by atoms with Crippen molar-refractivity contribution in [2.24, 2.45) is 0 Å². The molecule has 2 rings (SSSR count). The SMILES string of the molecule is CCSC1CCC(NS(=O)(=O)c2ccc(N)c(OC)c2)C1. The Labute approximate surface area is 130 Å². The highest BCUT2D eigenvalue weighted by Crippen LogP contribution is 2.31. The fourth-order valence-corrected chi connectivity index (χ4v) is 5.02. The van der Waals surface area contributed by atoms with E-state index in [0.29, 0.717) is 16.7 Å². The van der Waals surface area contributed by atoms with E-state index in [1.807, 2.05) is 11.8 Å². The molecule has 1 aliphatic carbocycles. The van der Waals surface area contributed by atoms with Crippen molar-refractivity contribution < 1.29 is 13.2 Å². The van der Waals surface area contributed by atoms with Crippen molar-refractivity contribution in [2.45, 2.75) is 42.4 Å². The van der Waals surface area contributed by atoms with E-state index in [9.17, 15) is 8.42 Å². The third kappa shape index (κ3) is 4.05. The molecule has 0 saturated heterocycles. The van der Waals surface area contributed by atoms with E-state index in [4.69, 9.17) is 10.5 Å². The molecule has 1 aliphatic rings. The summed E-state index contributed by atoms with van der Waals surface area (Å²) < 4.78 is 32.7. The van der Waals surface area contributed by atoms with E-state index in [0.717, 1.165) is 25.0 Å². The van der Waals surface area contributed by atoms with Gasteiger partial charge in [0.1, 0.15) is 5.75 Å². The summed E-state index contributed by atoms with van der Waals surface area (Å²) in [7, 11) is -2.05. The third-order valence-electron chi connectivity index (χ3n) is 3.62. The number of nitrogens with two attached hydrogens (primary N) is 1. The number of hydrogen-bond donors (Lipinski definition) is 2. The van der Waals surface area contributed by atoms with Crippen molar-refractivity contribution in [3.05, 3.63) is 18.2 Å². The highest BCUT2D eigenvalue weighted by molar-refractivity contribution is 7.99. The number of benzene rings is 1. The van der Waals surface area contributed by atoms with Gasteiger partial charge in [0.15, 0.2) is 0 Å². The second kappa shape index (κ2) is 6.89. The van der Waals surface area contributed by atoms with Gasteiger partial charge in [0.25, 0.3) is 0 Å². The standard InChI is InChI=1S/C14H22N2O3S2/c1-3-20-11-5-4-10(8-11)16-21(17,18)12-6-7-13(15)14(9-12)19-2/h6-7,9-11,16H,3-5,8,15H2,1-2H3. The molecule has 5 nitrogen and oxygen atoms in total. The fourth-order valence-electron chi connectivity index (χ4n) is 2.58. The van der Waals surface area contributed by atoms with E-state index in [1.54, 1.807) is 6.07 Å². The molecule has 2 atom stereocenters. The van der Waals surface area contributed by atoms with Gasteiger partial charge in [0, 0.05) is 17.4 Å². The summed E-state index contributed by atoms with van der Waals surface area (Å²) in [5, 5.41) is 0.559. The van der Waals surface area contributed by atoms with Gasteiger partial charge in [0.2, 0.25) is 10.0 Å². The van der Waals surface area contributed by atoms with Gasteiger partial charge in [-0.3, -0.25) is 0 Å². The maximum atomic E-state index is 12.4. The van der Waals surface area contributed by atoms with E-state index in [-0.39, 0.29) is 10.9 Å². The van der Waals surface area contributed by atoms with Gasteiger partial charge in [0.05, 0.1) is 17.7 Å². The molecule has 0 spiro atoms. The first-order chi connectivity index (χ1) is 9.96. The number of sulfonamides is 1. The lowest BCUT2D eigenvalue weighted by Crippen LogP contribution is -2.33. The molecule has 3 N–H and O–H groups in total. The molecule has 0 heterocycles. The minimum absolute atomic E-state index is 0.0163. The highest BCUT2D eigenvalue weighted by atomic mass is 32.2. The fraction of sp³-hybridized carbons (Fsp3) is 0.571. The zero-order valence-electron chi connectivity index (χ0n) is 12.3. The highest BCUT2D eigenvalue weighted by Gasteiger charge is 2.28. The van der Waals surface area contributed by atoms with Crippen molar-refractivity contribution in [3.63, 3.8) is 0 Å². The smallest absolute Gasteiger partial charge is 0.240 e. The Hall–Kier alpha value is -0.920. The number of thioether (sulfide) groups is 1. The number of nitrogen functional groups attached to an aromatic ring is 1. The molecule has 118 valence electrons. The first kappa shape index (κ1) is 16.5. The van der Waals surface area contributed by atoms with Crippen LogP contribution < -0.4 is 15.2 Å². The van der Waals surface area contributed by atoms with Crippen LogP contribution in [0.4, 0.5) is 5.69 Å². The molecule has 7 heteroatoms. The van der Waals surface area contributed by atoms with E-state index < -0.39 is 10.0 Å². The Bertz CT molecular complexity index is 590. The number of nitrogens with one attached hydrogen (secondary N) is 1. The molecule has 0 aromatic heterocycles. The lowest BCUT2D eigenvalue weighted by Gasteiger charge is -2.14. The van der Waals surface area contributed by atoms with Crippen LogP contribution in [0.3, 0.4) is 0 Å². The quantitative estimate of drug-likeness (QED) is 0.782. The normalized spacial score (nSPS) is 22.4. The third-order valence-corrected chi connectivity index (χ3v) is 6.38. The molecule has 1 aromatic rings. The van der Waals surface area contributed by atoms with Gasteiger partial charge < -0.3 is 10.5 Å². The molecule has 0 bridgehead atoms. The Balaban J connectivity index is 2.09. The van der Waals surface area contributed by atoms with Crippen LogP contribution in [0, 0.1) is 0 Å². The van der Waals surface area contributed by atoms with Gasteiger partial charge in [-0.1, -0.05) is 6.92 Å². The second-order valence-corrected chi connectivity index (χ2v) is 8.40. The minimum Gasteiger partial charge on any atom is -0.495 e. The predicted octanol–water partition coefficient (Wildman–Crippen LogP) is 2.23. The monoisotopic (exact) mass is 330 g/mol. The van der Waals surface area contributed by atoms with Crippen LogP contribution in [-0.4, -0.2) is 32.6 Å². The van der Waals surface area contributed by atoms with Crippen molar-refractivity contribution in [3.8, 4) is 5.75 Å². The van der Waals surface area contributed by atoms with Gasteiger partial charge in [-0.25, -0.2) is 13.1 Å². The van der Waals surface area contributed by atoms with Crippen LogP contribution in [0.25, 0.3) is 0 Å². The van der Waals surface area contributed by atoms with Crippen LogP contribution in [-0.2, 0) is 10.0 Å². The first-order valence-electron chi connectivity index (χ1n) is 7.03. The lowest BCUT2D eigenvalue weighted by molar-refractivity contribution is 0.415. The van der Waals surface area contributed by atoms with Gasteiger partial charge >= 0.3 is 0 Å². The number of rotatable bonds is 6. The number of hydrogen-bond acceptors (Lipinski definition) is 5. The molecule has 1 aromatic carbocycles. The molecule has 0 radical (unpaired) electrons. The summed E-state index contributed by atoms with van der Waals surface area (Å²) in [5.74, 6) is 1.45. The summed E-state index contributed by atoms with van der Waals surface area (Å²) in [6.07, 6.45) is 2.85. The largest absolute Gasteiger partial charge is 0.495 e. The van der Waals surface area contributed by atoms with Crippen LogP contribution >= 0.6 is 11.8 Å². The van der Waals surface area contributed by atoms with Crippen molar-refractivity contribution in [1.29, 1.82) is 0 Å². The average Bonchev–Trinajstić information content (AvgIpc) is 2.86. The van der Waals surface area contributed by atoms with E-state index in [1.165, 1.54) is 19.2 Å². The van der Waals surface area contributed by atoms with Crippen molar-refractivity contribution >= 4 is 27.5 Å². The van der Waals surface area contributed by atoms with E-state index in [2.05, 4.69) is 11.6 Å². The Morgan fingerprint density at radius 2 is 2.19 bits per heavy atom. The summed E-state index contributed by atoms with van der Waals surface area (Å²) >= 11 is 1.90. The Morgan fingerprint density at radius 3 is 2.86 bits per heavy atom. The summed E-state index contributed by atoms with van der Waals surface area (Å²) in [4.78, 5) is 0.195. The van der Waals surface area contributed by atoms with Crippen LogP contribution in [0.5, 0.6) is 5.75 Å². The van der Waals surface area contributed by atoms with Gasteiger partial charge in [-0.05, 0) is 37.1 Å². The zero-order chi connectivity index (χ0) is 15.5. The molecule has 1 saturated carbocycles. The molecule has 1 fully saturated rings. The van der Waals surface area contributed by atoms with Crippen LogP contribution in [0.15, 0.2) is 23.1 Å². The average molecular weight is 330 g/mol. The molecule has 0 aliphatic heterocycles. The van der Waals surface area contributed by atoms with E-state index >= 15 is 0 Å². The maximum Gasteiger partial charge on any atom is 0.240 e. The van der Waals surface area contributed by atoms with Gasteiger partial charge in [-0.2, -0.15) is 11.8 Å².